The van der Waals surface area contributed by atoms with Crippen molar-refractivity contribution in [2.75, 3.05) is 31.5 Å². The van der Waals surface area contributed by atoms with Crippen molar-refractivity contribution >= 4 is 39.6 Å². The van der Waals surface area contributed by atoms with Gasteiger partial charge in [0.2, 0.25) is 4.96 Å². The summed E-state index contributed by atoms with van der Waals surface area (Å²) in [6.07, 6.45) is 0. The van der Waals surface area contributed by atoms with Crippen molar-refractivity contribution in [1.29, 1.82) is 0 Å². The van der Waals surface area contributed by atoms with Gasteiger partial charge in [0.1, 0.15) is 5.82 Å². The number of rotatable bonds is 4. The summed E-state index contributed by atoms with van der Waals surface area (Å²) >= 11 is 7.29. The molecule has 0 saturated carbocycles. The first-order valence-corrected chi connectivity index (χ1v) is 11.8. The maximum atomic E-state index is 14.1. The molecule has 0 spiro atoms. The molecule has 1 fully saturated rings. The highest BCUT2D eigenvalue weighted by atomic mass is 35.5. The van der Waals surface area contributed by atoms with Gasteiger partial charge in [-0.2, -0.15) is 9.61 Å². The molecule has 3 heterocycles. The van der Waals surface area contributed by atoms with E-state index in [4.69, 9.17) is 11.6 Å². The lowest BCUT2D eigenvalue weighted by molar-refractivity contribution is 0.142. The molecule has 1 N–H and O–H groups in total. The van der Waals surface area contributed by atoms with E-state index < -0.39 is 5.82 Å². The number of nitrogens with one attached hydrogen (secondary N) is 1. The predicted octanol–water partition coefficient (Wildman–Crippen LogP) is 3.96. The number of halogens is 2. The van der Waals surface area contributed by atoms with Crippen molar-refractivity contribution < 1.29 is 9.18 Å². The van der Waals surface area contributed by atoms with Gasteiger partial charge in [0, 0.05) is 44.4 Å². The summed E-state index contributed by atoms with van der Waals surface area (Å²) in [5.41, 5.74) is 1.22. The van der Waals surface area contributed by atoms with Crippen molar-refractivity contribution in [3.05, 3.63) is 81.5 Å². The number of amides is 2. The van der Waals surface area contributed by atoms with Gasteiger partial charge in [0.15, 0.2) is 5.01 Å². The van der Waals surface area contributed by atoms with E-state index in [1.54, 1.807) is 41.3 Å². The van der Waals surface area contributed by atoms with Gasteiger partial charge in [-0.1, -0.05) is 47.2 Å². The van der Waals surface area contributed by atoms with Crippen molar-refractivity contribution in [1.82, 2.24) is 24.4 Å². The number of benzene rings is 2. The number of urea groups is 1. The van der Waals surface area contributed by atoms with E-state index in [1.807, 2.05) is 6.07 Å². The summed E-state index contributed by atoms with van der Waals surface area (Å²) in [7, 11) is 0. The Morgan fingerprint density at radius 3 is 2.59 bits per heavy atom. The third kappa shape index (κ3) is 4.65. The molecule has 1 aliphatic rings. The minimum Gasteiger partial charge on any atom is -0.322 e. The lowest BCUT2D eigenvalue weighted by Gasteiger charge is -2.34. The molecule has 174 valence electrons. The van der Waals surface area contributed by atoms with Gasteiger partial charge in [0.25, 0.3) is 5.56 Å². The smallest absolute Gasteiger partial charge is 0.321 e. The summed E-state index contributed by atoms with van der Waals surface area (Å²) < 4.78 is 15.3. The second kappa shape index (κ2) is 9.49. The van der Waals surface area contributed by atoms with E-state index >= 15 is 0 Å². The fourth-order valence-corrected chi connectivity index (χ4v) is 4.91. The van der Waals surface area contributed by atoms with Crippen molar-refractivity contribution in [2.45, 2.75) is 6.54 Å². The quantitative estimate of drug-likeness (QED) is 0.460. The van der Waals surface area contributed by atoms with Gasteiger partial charge in [-0.15, -0.1) is 0 Å². The first-order valence-electron chi connectivity index (χ1n) is 10.7. The Balaban J connectivity index is 1.25. The molecule has 0 bridgehead atoms. The fraction of sp³-hybridized carbons (Fsp3) is 0.217. The van der Waals surface area contributed by atoms with Gasteiger partial charge in [0.05, 0.1) is 16.4 Å². The zero-order valence-corrected chi connectivity index (χ0v) is 19.5. The highest BCUT2D eigenvalue weighted by Gasteiger charge is 2.22. The van der Waals surface area contributed by atoms with Crippen LogP contribution in [0, 0.1) is 5.82 Å². The number of hydrogen-bond donors (Lipinski definition) is 1. The summed E-state index contributed by atoms with van der Waals surface area (Å²) in [5.74, 6) is -0.397. The Morgan fingerprint density at radius 1 is 1.09 bits per heavy atom. The van der Waals surface area contributed by atoms with Crippen LogP contribution in [-0.4, -0.2) is 56.6 Å². The van der Waals surface area contributed by atoms with Gasteiger partial charge >= 0.3 is 6.03 Å². The lowest BCUT2D eigenvalue weighted by Crippen LogP contribution is -2.49. The minimum atomic E-state index is -0.397. The zero-order chi connectivity index (χ0) is 23.7. The molecule has 1 saturated heterocycles. The van der Waals surface area contributed by atoms with Crippen LogP contribution in [0.3, 0.4) is 0 Å². The van der Waals surface area contributed by atoms with E-state index in [0.29, 0.717) is 64.7 Å². The molecule has 2 aromatic carbocycles. The van der Waals surface area contributed by atoms with Crippen LogP contribution in [0.25, 0.3) is 15.5 Å². The summed E-state index contributed by atoms with van der Waals surface area (Å²) in [4.78, 5) is 34.0. The molecule has 34 heavy (non-hydrogen) atoms. The molecule has 0 aliphatic carbocycles. The van der Waals surface area contributed by atoms with Crippen LogP contribution in [0.15, 0.2) is 59.4 Å². The standard InChI is InChI=1S/C23H20ClFN6O2S/c24-17-6-2-4-8-19(17)27-22(33)30-11-9-29(10-12-30)14-15-13-20(32)31-23(26-15)34-21(28-31)16-5-1-3-7-18(16)25/h1-8,13H,9-12,14H2,(H,27,33). The van der Waals surface area contributed by atoms with E-state index in [0.717, 1.165) is 0 Å². The van der Waals surface area contributed by atoms with E-state index in [9.17, 15) is 14.0 Å². The molecular weight excluding hydrogens is 479 g/mol. The Morgan fingerprint density at radius 2 is 1.82 bits per heavy atom. The maximum absolute atomic E-state index is 14.1. The van der Waals surface area contributed by atoms with Crippen molar-refractivity contribution in [2.24, 2.45) is 0 Å². The van der Waals surface area contributed by atoms with Gasteiger partial charge < -0.3 is 10.2 Å². The van der Waals surface area contributed by atoms with Crippen LogP contribution in [0.4, 0.5) is 14.9 Å². The number of para-hydroxylation sites is 1. The second-order valence-electron chi connectivity index (χ2n) is 7.84. The number of fused-ring (bicyclic) bond motifs is 1. The SMILES string of the molecule is O=C(Nc1ccccc1Cl)N1CCN(Cc2cc(=O)n3nc(-c4ccccc4F)sc3n2)CC1. The topological polar surface area (TPSA) is 82.8 Å². The number of nitrogens with zero attached hydrogens (tertiary/aromatic N) is 5. The largest absolute Gasteiger partial charge is 0.322 e. The third-order valence-corrected chi connectivity index (χ3v) is 6.83. The Labute approximate surface area is 203 Å². The first-order chi connectivity index (χ1) is 16.5. The Kier molecular flexibility index (Phi) is 6.27. The molecule has 0 radical (unpaired) electrons. The average molecular weight is 499 g/mol. The number of piperazine rings is 1. The third-order valence-electron chi connectivity index (χ3n) is 5.56. The monoisotopic (exact) mass is 498 g/mol. The lowest BCUT2D eigenvalue weighted by atomic mass is 10.2. The number of carbonyl (C=O) groups is 1. The van der Waals surface area contributed by atoms with Gasteiger partial charge in [-0.3, -0.25) is 9.69 Å². The normalized spacial score (nSPS) is 14.5. The average Bonchev–Trinajstić information content (AvgIpc) is 3.26. The van der Waals surface area contributed by atoms with Crippen LogP contribution in [0.2, 0.25) is 5.02 Å². The molecule has 11 heteroatoms. The molecule has 2 aromatic heterocycles. The van der Waals surface area contributed by atoms with E-state index in [2.05, 4.69) is 20.3 Å². The Hall–Kier alpha value is -3.34. The van der Waals surface area contributed by atoms with E-state index in [1.165, 1.54) is 28.0 Å². The molecule has 2 amide bonds. The molecule has 8 nitrogen and oxygen atoms in total. The predicted molar refractivity (Wildman–Crippen MR) is 130 cm³/mol. The van der Waals surface area contributed by atoms with Gasteiger partial charge in [-0.05, 0) is 24.3 Å². The highest BCUT2D eigenvalue weighted by Crippen LogP contribution is 2.26. The molecular formula is C23H20ClFN6O2S. The molecule has 4 aromatic rings. The molecule has 5 rings (SSSR count). The Bertz CT molecular complexity index is 1420. The van der Waals surface area contributed by atoms with Crippen molar-refractivity contribution in [3.8, 4) is 10.6 Å². The first kappa shape index (κ1) is 22.5. The molecule has 1 aliphatic heterocycles. The number of aromatic nitrogens is 3. The zero-order valence-electron chi connectivity index (χ0n) is 17.9. The number of hydrogen-bond acceptors (Lipinski definition) is 6. The summed E-state index contributed by atoms with van der Waals surface area (Å²) in [6, 6.07) is 14.7. The molecule has 0 atom stereocenters. The summed E-state index contributed by atoms with van der Waals surface area (Å²) in [5, 5.41) is 7.98. The van der Waals surface area contributed by atoms with Gasteiger partial charge in [-0.25, -0.2) is 14.2 Å². The molecule has 0 unspecified atom stereocenters. The number of anilines is 1. The van der Waals surface area contributed by atoms with E-state index in [-0.39, 0.29) is 11.6 Å². The van der Waals surface area contributed by atoms with Crippen LogP contribution in [-0.2, 0) is 6.54 Å². The maximum Gasteiger partial charge on any atom is 0.321 e. The van der Waals surface area contributed by atoms with Crippen molar-refractivity contribution in [3.63, 3.8) is 0 Å². The highest BCUT2D eigenvalue weighted by molar-refractivity contribution is 7.19. The fourth-order valence-electron chi connectivity index (χ4n) is 3.78. The minimum absolute atomic E-state index is 0.198. The van der Waals surface area contributed by atoms with Crippen LogP contribution in [0.1, 0.15) is 5.69 Å². The second-order valence-corrected chi connectivity index (χ2v) is 9.20. The number of carbonyl (C=O) groups excluding carboxylic acids is 1. The van der Waals surface area contributed by atoms with Crippen LogP contribution in [0.5, 0.6) is 0 Å². The van der Waals surface area contributed by atoms with Crippen LogP contribution < -0.4 is 10.9 Å². The summed E-state index contributed by atoms with van der Waals surface area (Å²) in [6.45, 7) is 2.82. The van der Waals surface area contributed by atoms with Crippen LogP contribution >= 0.6 is 22.9 Å².